The summed E-state index contributed by atoms with van der Waals surface area (Å²) in [6, 6.07) is 12.0. The number of carbonyl (C=O) groups is 1. The summed E-state index contributed by atoms with van der Waals surface area (Å²) in [4.78, 5) is 16.6. The van der Waals surface area contributed by atoms with Gasteiger partial charge in [-0.3, -0.25) is 9.78 Å². The molecular formula is C21H21ClN2O3. The number of phenolic OH excluding ortho intramolecular Hbond substituents is 1. The Balaban J connectivity index is 2.20. The summed E-state index contributed by atoms with van der Waals surface area (Å²) in [5.41, 5.74) is 1.59. The van der Waals surface area contributed by atoms with Crippen LogP contribution in [0.3, 0.4) is 0 Å². The highest BCUT2D eigenvalue weighted by Gasteiger charge is 2.25. The van der Waals surface area contributed by atoms with Crippen molar-refractivity contribution in [1.82, 2.24) is 10.3 Å². The summed E-state index contributed by atoms with van der Waals surface area (Å²) in [5.74, 6) is 0.476. The normalized spacial score (nSPS) is 12.0. The highest BCUT2D eigenvalue weighted by molar-refractivity contribution is 6.35. The maximum Gasteiger partial charge on any atom is 0.220 e. The number of hydrogen-bond donors (Lipinski definition) is 2. The van der Waals surface area contributed by atoms with Crippen LogP contribution < -0.4 is 10.1 Å². The SMILES string of the molecule is CCCC(=O)N[C@@H](c1ccccc1OC)c1cc(Cl)c2cccnc2c1O. The minimum absolute atomic E-state index is 0.0114. The lowest BCUT2D eigenvalue weighted by atomic mass is 9.95. The van der Waals surface area contributed by atoms with Crippen LogP contribution in [0.25, 0.3) is 10.9 Å². The Hall–Kier alpha value is -2.79. The van der Waals surface area contributed by atoms with E-state index in [-0.39, 0.29) is 11.7 Å². The van der Waals surface area contributed by atoms with E-state index in [9.17, 15) is 9.90 Å². The van der Waals surface area contributed by atoms with Gasteiger partial charge in [0.25, 0.3) is 0 Å². The zero-order chi connectivity index (χ0) is 19.4. The molecule has 1 aromatic heterocycles. The first kappa shape index (κ1) is 19.0. The van der Waals surface area contributed by atoms with Crippen LogP contribution >= 0.6 is 11.6 Å². The predicted octanol–water partition coefficient (Wildman–Crippen LogP) is 4.61. The van der Waals surface area contributed by atoms with Crippen LogP contribution in [0, 0.1) is 0 Å². The lowest BCUT2D eigenvalue weighted by Gasteiger charge is -2.23. The number of amides is 1. The number of nitrogens with zero attached hydrogens (tertiary/aromatic N) is 1. The first-order valence-corrected chi connectivity index (χ1v) is 9.13. The number of aromatic hydroxyl groups is 1. The Morgan fingerprint density at radius 2 is 2.04 bits per heavy atom. The third-order valence-electron chi connectivity index (χ3n) is 4.39. The number of rotatable bonds is 6. The van der Waals surface area contributed by atoms with Gasteiger partial charge in [-0.2, -0.15) is 0 Å². The molecule has 27 heavy (non-hydrogen) atoms. The maximum absolute atomic E-state index is 12.4. The summed E-state index contributed by atoms with van der Waals surface area (Å²) in [6.07, 6.45) is 2.69. The molecular weight excluding hydrogens is 364 g/mol. The number of methoxy groups -OCH3 is 1. The van der Waals surface area contributed by atoms with Crippen LogP contribution in [0.2, 0.25) is 5.02 Å². The number of phenols is 1. The first-order valence-electron chi connectivity index (χ1n) is 8.75. The lowest BCUT2D eigenvalue weighted by molar-refractivity contribution is -0.121. The lowest BCUT2D eigenvalue weighted by Crippen LogP contribution is -2.29. The number of fused-ring (bicyclic) bond motifs is 1. The van der Waals surface area contributed by atoms with E-state index in [1.165, 1.54) is 0 Å². The standard InChI is InChI=1S/C21H21ClN2O3/c1-3-7-18(25)24-19(14-8-4-5-10-17(14)27-2)15-12-16(22)13-9-6-11-23-20(13)21(15)26/h4-6,8-12,19,26H,3,7H2,1-2H3,(H,24,25)/t19-/m0/s1. The van der Waals surface area contributed by atoms with Gasteiger partial charge in [-0.15, -0.1) is 0 Å². The molecule has 2 aromatic carbocycles. The third-order valence-corrected chi connectivity index (χ3v) is 4.70. The molecule has 0 bridgehead atoms. The van der Waals surface area contributed by atoms with Crippen LogP contribution in [-0.2, 0) is 4.79 Å². The number of benzene rings is 2. The minimum atomic E-state index is -0.621. The number of hydrogen-bond acceptors (Lipinski definition) is 4. The largest absolute Gasteiger partial charge is 0.505 e. The van der Waals surface area contributed by atoms with E-state index in [4.69, 9.17) is 16.3 Å². The molecule has 0 aliphatic heterocycles. The molecule has 2 N–H and O–H groups in total. The maximum atomic E-state index is 12.4. The van der Waals surface area contributed by atoms with E-state index in [0.717, 1.165) is 12.0 Å². The van der Waals surface area contributed by atoms with Gasteiger partial charge in [-0.25, -0.2) is 0 Å². The summed E-state index contributed by atoms with van der Waals surface area (Å²) < 4.78 is 5.47. The fourth-order valence-corrected chi connectivity index (χ4v) is 3.38. The van der Waals surface area contributed by atoms with Crippen molar-refractivity contribution in [2.75, 3.05) is 7.11 Å². The van der Waals surface area contributed by atoms with Crippen molar-refractivity contribution in [1.29, 1.82) is 0 Å². The number of carbonyl (C=O) groups excluding carboxylic acids is 1. The average Bonchev–Trinajstić information content (AvgIpc) is 2.69. The summed E-state index contributed by atoms with van der Waals surface area (Å²) in [5, 5.41) is 15.0. The molecule has 0 aliphatic carbocycles. The zero-order valence-electron chi connectivity index (χ0n) is 15.2. The van der Waals surface area contributed by atoms with Gasteiger partial charge in [-0.05, 0) is 30.7 Å². The van der Waals surface area contributed by atoms with Gasteiger partial charge in [0.2, 0.25) is 5.91 Å². The van der Waals surface area contributed by atoms with Gasteiger partial charge in [-0.1, -0.05) is 36.7 Å². The van der Waals surface area contributed by atoms with Crippen LogP contribution in [-0.4, -0.2) is 23.1 Å². The third kappa shape index (κ3) is 3.83. The number of aromatic nitrogens is 1. The van der Waals surface area contributed by atoms with Crippen molar-refractivity contribution >= 4 is 28.4 Å². The molecule has 3 aromatic rings. The molecule has 0 fully saturated rings. The number of halogens is 1. The second kappa shape index (κ2) is 8.27. The quantitative estimate of drug-likeness (QED) is 0.651. The zero-order valence-corrected chi connectivity index (χ0v) is 16.0. The first-order chi connectivity index (χ1) is 13.1. The van der Waals surface area contributed by atoms with Crippen LogP contribution in [0.1, 0.15) is 36.9 Å². The summed E-state index contributed by atoms with van der Waals surface area (Å²) >= 11 is 6.44. The molecule has 0 aliphatic rings. The van der Waals surface area contributed by atoms with Crippen LogP contribution in [0.5, 0.6) is 11.5 Å². The highest BCUT2D eigenvalue weighted by Crippen LogP contribution is 2.40. The molecule has 0 saturated carbocycles. The van der Waals surface area contributed by atoms with E-state index < -0.39 is 6.04 Å². The summed E-state index contributed by atoms with van der Waals surface area (Å²) in [6.45, 7) is 1.94. The fourth-order valence-electron chi connectivity index (χ4n) is 3.11. The number of para-hydroxylation sites is 1. The monoisotopic (exact) mass is 384 g/mol. The van der Waals surface area contributed by atoms with Crippen molar-refractivity contribution in [2.45, 2.75) is 25.8 Å². The van der Waals surface area contributed by atoms with Crippen LogP contribution in [0.15, 0.2) is 48.7 Å². The molecule has 1 atom stereocenters. The highest BCUT2D eigenvalue weighted by atomic mass is 35.5. The van der Waals surface area contributed by atoms with Crippen molar-refractivity contribution < 1.29 is 14.6 Å². The van der Waals surface area contributed by atoms with Gasteiger partial charge >= 0.3 is 0 Å². The predicted molar refractivity (Wildman–Crippen MR) is 106 cm³/mol. The molecule has 1 amide bonds. The minimum Gasteiger partial charge on any atom is -0.505 e. The van der Waals surface area contributed by atoms with Gasteiger partial charge in [0.15, 0.2) is 0 Å². The molecule has 0 unspecified atom stereocenters. The molecule has 1 heterocycles. The topological polar surface area (TPSA) is 71.5 Å². The van der Waals surface area contributed by atoms with Gasteiger partial charge in [0.1, 0.15) is 17.0 Å². The number of pyridine rings is 1. The van der Waals surface area contributed by atoms with E-state index in [1.54, 1.807) is 31.5 Å². The molecule has 0 radical (unpaired) electrons. The van der Waals surface area contributed by atoms with Crippen molar-refractivity contribution in [3.05, 3.63) is 64.8 Å². The van der Waals surface area contributed by atoms with Crippen molar-refractivity contribution in [3.8, 4) is 11.5 Å². The van der Waals surface area contributed by atoms with Gasteiger partial charge in [0, 0.05) is 29.1 Å². The van der Waals surface area contributed by atoms with Gasteiger partial charge < -0.3 is 15.2 Å². The van der Waals surface area contributed by atoms with Crippen LogP contribution in [0.4, 0.5) is 0 Å². The Bertz CT molecular complexity index is 975. The van der Waals surface area contributed by atoms with E-state index in [2.05, 4.69) is 10.3 Å². The molecule has 3 rings (SSSR count). The van der Waals surface area contributed by atoms with Crippen molar-refractivity contribution in [3.63, 3.8) is 0 Å². The average molecular weight is 385 g/mol. The van der Waals surface area contributed by atoms with Crippen molar-refractivity contribution in [2.24, 2.45) is 0 Å². The van der Waals surface area contributed by atoms with E-state index in [1.807, 2.05) is 31.2 Å². The molecule has 6 heteroatoms. The fraction of sp³-hybridized carbons (Fsp3) is 0.238. The molecule has 0 saturated heterocycles. The Morgan fingerprint density at radius 1 is 1.26 bits per heavy atom. The summed E-state index contributed by atoms with van der Waals surface area (Å²) in [7, 11) is 1.57. The molecule has 0 spiro atoms. The number of ether oxygens (including phenoxy) is 1. The second-order valence-corrected chi connectivity index (χ2v) is 6.60. The smallest absolute Gasteiger partial charge is 0.220 e. The van der Waals surface area contributed by atoms with E-state index >= 15 is 0 Å². The molecule has 5 nitrogen and oxygen atoms in total. The Labute approximate surface area is 163 Å². The second-order valence-electron chi connectivity index (χ2n) is 6.19. The Kier molecular flexibility index (Phi) is 5.81. The number of nitrogens with one attached hydrogen (secondary N) is 1. The van der Waals surface area contributed by atoms with E-state index in [0.29, 0.717) is 33.7 Å². The molecule has 140 valence electrons. The van der Waals surface area contributed by atoms with Gasteiger partial charge in [0.05, 0.1) is 18.2 Å². The Morgan fingerprint density at radius 3 is 2.78 bits per heavy atom.